The predicted octanol–water partition coefficient (Wildman–Crippen LogP) is 6.87. The molecule has 1 saturated heterocycles. The van der Waals surface area contributed by atoms with Gasteiger partial charge in [0.2, 0.25) is 5.91 Å². The molecule has 1 fully saturated rings. The van der Waals surface area contributed by atoms with Crippen molar-refractivity contribution < 1.29 is 18.0 Å². The molecular formula is C25H22Cl2F3N3OS. The molecule has 1 aliphatic heterocycles. The lowest BCUT2D eigenvalue weighted by atomic mass is 10.2. The number of anilines is 2. The molecule has 4 rings (SSSR count). The molecule has 0 bridgehead atoms. The molecule has 3 aromatic rings. The molecule has 184 valence electrons. The standard InChI is InChI=1S/C25H22Cl2F3N3OS/c26-19-5-4-6-20(16-19)31-11-13-32(14-12-31)24(34)17-33(35-21-7-2-1-3-8-21)23-15-18(25(28,29)30)9-10-22(23)27/h1-10,15-16H,11-14,17H2. The molecule has 0 spiro atoms. The largest absolute Gasteiger partial charge is 0.416 e. The molecule has 0 unspecified atom stereocenters. The lowest BCUT2D eigenvalue weighted by Crippen LogP contribution is -2.50. The van der Waals surface area contributed by atoms with Crippen LogP contribution in [0.5, 0.6) is 0 Å². The SMILES string of the molecule is O=C(CN(Sc1ccccc1)c1cc(C(F)(F)F)ccc1Cl)N1CCN(c2cccc(Cl)c2)CC1. The molecule has 0 atom stereocenters. The maximum Gasteiger partial charge on any atom is 0.416 e. The van der Waals surface area contributed by atoms with Crippen molar-refractivity contribution in [1.82, 2.24) is 4.90 Å². The molecule has 1 aliphatic rings. The van der Waals surface area contributed by atoms with Gasteiger partial charge in [-0.3, -0.25) is 4.79 Å². The molecule has 35 heavy (non-hydrogen) atoms. The van der Waals surface area contributed by atoms with Crippen molar-refractivity contribution in [2.45, 2.75) is 11.1 Å². The summed E-state index contributed by atoms with van der Waals surface area (Å²) in [5, 5.41) is 0.785. The van der Waals surface area contributed by atoms with Gasteiger partial charge in [0, 0.05) is 41.8 Å². The van der Waals surface area contributed by atoms with E-state index < -0.39 is 11.7 Å². The van der Waals surface area contributed by atoms with Crippen LogP contribution in [-0.4, -0.2) is 43.5 Å². The van der Waals surface area contributed by atoms with Crippen LogP contribution in [0.2, 0.25) is 10.0 Å². The summed E-state index contributed by atoms with van der Waals surface area (Å²) in [6, 6.07) is 19.8. The van der Waals surface area contributed by atoms with Crippen LogP contribution < -0.4 is 9.21 Å². The fraction of sp³-hybridized carbons (Fsp3) is 0.240. The second-order valence-electron chi connectivity index (χ2n) is 7.95. The molecule has 0 aromatic heterocycles. The average Bonchev–Trinajstić information content (AvgIpc) is 2.84. The summed E-state index contributed by atoms with van der Waals surface area (Å²) < 4.78 is 41.7. The van der Waals surface area contributed by atoms with Crippen LogP contribution in [-0.2, 0) is 11.0 Å². The number of rotatable bonds is 6. The highest BCUT2D eigenvalue weighted by molar-refractivity contribution is 8.00. The first-order chi connectivity index (χ1) is 16.7. The summed E-state index contributed by atoms with van der Waals surface area (Å²) in [4.78, 5) is 17.9. The second-order valence-corrected chi connectivity index (χ2v) is 9.89. The van der Waals surface area contributed by atoms with Gasteiger partial charge in [-0.15, -0.1) is 0 Å². The van der Waals surface area contributed by atoms with Crippen LogP contribution in [0.4, 0.5) is 24.5 Å². The molecule has 10 heteroatoms. The number of carbonyl (C=O) groups excluding carboxylic acids is 1. The maximum absolute atomic E-state index is 13.4. The van der Waals surface area contributed by atoms with Gasteiger partial charge in [-0.1, -0.05) is 47.5 Å². The highest BCUT2D eigenvalue weighted by Crippen LogP contribution is 2.39. The van der Waals surface area contributed by atoms with Gasteiger partial charge < -0.3 is 14.1 Å². The number of amides is 1. The Morgan fingerprint density at radius 1 is 0.914 bits per heavy atom. The summed E-state index contributed by atoms with van der Waals surface area (Å²) in [6.07, 6.45) is -4.52. The van der Waals surface area contributed by atoms with Gasteiger partial charge in [0.25, 0.3) is 0 Å². The van der Waals surface area contributed by atoms with E-state index in [1.165, 1.54) is 22.3 Å². The number of nitrogens with zero attached hydrogens (tertiary/aromatic N) is 3. The third-order valence-corrected chi connectivity index (χ3v) is 7.17. The third-order valence-electron chi connectivity index (χ3n) is 5.59. The summed E-state index contributed by atoms with van der Waals surface area (Å²) in [5.74, 6) is -0.187. The number of hydrogen-bond acceptors (Lipinski definition) is 4. The van der Waals surface area contributed by atoms with Crippen LogP contribution in [0.1, 0.15) is 5.56 Å². The molecule has 0 aliphatic carbocycles. The van der Waals surface area contributed by atoms with Crippen molar-refractivity contribution in [3.8, 4) is 0 Å². The van der Waals surface area contributed by atoms with Crippen LogP contribution in [0.3, 0.4) is 0 Å². The number of piperazine rings is 1. The number of carbonyl (C=O) groups is 1. The summed E-state index contributed by atoms with van der Waals surface area (Å²) in [7, 11) is 0. The monoisotopic (exact) mass is 539 g/mol. The smallest absolute Gasteiger partial charge is 0.368 e. The van der Waals surface area contributed by atoms with Crippen molar-refractivity contribution in [3.63, 3.8) is 0 Å². The van der Waals surface area contributed by atoms with Gasteiger partial charge in [-0.2, -0.15) is 13.2 Å². The first kappa shape index (κ1) is 25.5. The van der Waals surface area contributed by atoms with Crippen molar-refractivity contribution >= 4 is 52.4 Å². The van der Waals surface area contributed by atoms with Crippen LogP contribution in [0.25, 0.3) is 0 Å². The number of hydrogen-bond donors (Lipinski definition) is 0. The molecule has 0 N–H and O–H groups in total. The fourth-order valence-corrected chi connectivity index (χ4v) is 5.18. The minimum atomic E-state index is -4.52. The minimum Gasteiger partial charge on any atom is -0.368 e. The van der Waals surface area contributed by atoms with Crippen LogP contribution in [0, 0.1) is 0 Å². The van der Waals surface area contributed by atoms with Crippen LogP contribution >= 0.6 is 35.1 Å². The zero-order chi connectivity index (χ0) is 25.0. The van der Waals surface area contributed by atoms with Gasteiger partial charge in [-0.25, -0.2) is 0 Å². The highest BCUT2D eigenvalue weighted by Gasteiger charge is 2.32. The van der Waals surface area contributed by atoms with Gasteiger partial charge in [-0.05, 0) is 60.5 Å². The van der Waals surface area contributed by atoms with E-state index >= 15 is 0 Å². The summed E-state index contributed by atoms with van der Waals surface area (Å²) >= 11 is 13.6. The van der Waals surface area contributed by atoms with Crippen molar-refractivity contribution in [1.29, 1.82) is 0 Å². The van der Waals surface area contributed by atoms with Gasteiger partial charge in [0.05, 0.1) is 16.3 Å². The average molecular weight is 540 g/mol. The number of benzene rings is 3. The Labute approximate surface area is 216 Å². The molecule has 1 amide bonds. The summed E-state index contributed by atoms with van der Waals surface area (Å²) in [5.41, 5.74) is 0.306. The fourth-order valence-electron chi connectivity index (χ4n) is 3.77. The lowest BCUT2D eigenvalue weighted by molar-refractivity contribution is -0.137. The third kappa shape index (κ3) is 6.57. The Bertz CT molecular complexity index is 1170. The van der Waals surface area contributed by atoms with E-state index in [0.29, 0.717) is 31.2 Å². The van der Waals surface area contributed by atoms with E-state index in [-0.39, 0.29) is 23.2 Å². The van der Waals surface area contributed by atoms with Gasteiger partial charge in [0.15, 0.2) is 0 Å². The van der Waals surface area contributed by atoms with E-state index in [1.54, 1.807) is 4.90 Å². The van der Waals surface area contributed by atoms with E-state index in [9.17, 15) is 18.0 Å². The van der Waals surface area contributed by atoms with E-state index in [1.807, 2.05) is 54.6 Å². The van der Waals surface area contributed by atoms with E-state index in [2.05, 4.69) is 4.90 Å². The second kappa shape index (κ2) is 11.0. The lowest BCUT2D eigenvalue weighted by Gasteiger charge is -2.37. The zero-order valence-corrected chi connectivity index (χ0v) is 20.8. The zero-order valence-electron chi connectivity index (χ0n) is 18.5. The van der Waals surface area contributed by atoms with E-state index in [0.717, 1.165) is 22.7 Å². The molecule has 3 aromatic carbocycles. The Morgan fingerprint density at radius 3 is 2.29 bits per heavy atom. The molecule has 4 nitrogen and oxygen atoms in total. The first-order valence-corrected chi connectivity index (χ1v) is 12.4. The maximum atomic E-state index is 13.4. The number of alkyl halides is 3. The van der Waals surface area contributed by atoms with Gasteiger partial charge >= 0.3 is 6.18 Å². The van der Waals surface area contributed by atoms with Crippen LogP contribution in [0.15, 0.2) is 77.7 Å². The molecule has 0 saturated carbocycles. The highest BCUT2D eigenvalue weighted by atomic mass is 35.5. The normalized spacial score (nSPS) is 14.2. The Hall–Kier alpha value is -2.55. The Balaban J connectivity index is 1.51. The first-order valence-electron chi connectivity index (χ1n) is 10.9. The van der Waals surface area contributed by atoms with E-state index in [4.69, 9.17) is 23.2 Å². The van der Waals surface area contributed by atoms with Crippen molar-refractivity contribution in [2.75, 3.05) is 41.9 Å². The molecule has 1 heterocycles. The quantitative estimate of drug-likeness (QED) is 0.319. The van der Waals surface area contributed by atoms with Crippen molar-refractivity contribution in [2.24, 2.45) is 0 Å². The Morgan fingerprint density at radius 2 is 1.63 bits per heavy atom. The number of halogens is 5. The minimum absolute atomic E-state index is 0.127. The topological polar surface area (TPSA) is 26.8 Å². The van der Waals surface area contributed by atoms with Crippen molar-refractivity contribution in [3.05, 3.63) is 88.4 Å². The predicted molar refractivity (Wildman–Crippen MR) is 136 cm³/mol. The summed E-state index contributed by atoms with van der Waals surface area (Å²) in [6.45, 7) is 2.11. The van der Waals surface area contributed by atoms with Gasteiger partial charge in [0.1, 0.15) is 6.54 Å². The molecular weight excluding hydrogens is 518 g/mol. The molecule has 0 radical (unpaired) electrons. The Kier molecular flexibility index (Phi) is 8.04.